The Morgan fingerprint density at radius 1 is 1.42 bits per heavy atom. The molecule has 0 saturated heterocycles. The van der Waals surface area contributed by atoms with Crippen molar-refractivity contribution in [3.8, 4) is 0 Å². The number of benzene rings is 1. The zero-order chi connectivity index (χ0) is 13.8. The molecule has 5 heteroatoms. The first-order valence-corrected chi connectivity index (χ1v) is 6.54. The molecule has 4 nitrogen and oxygen atoms in total. The number of rotatable bonds is 5. The summed E-state index contributed by atoms with van der Waals surface area (Å²) in [5, 5.41) is 6.12. The highest BCUT2D eigenvalue weighted by molar-refractivity contribution is 7.80. The Balaban J connectivity index is 2.21. The third-order valence-corrected chi connectivity index (χ3v) is 3.31. The predicted octanol–water partition coefficient (Wildman–Crippen LogP) is 2.04. The molecule has 0 radical (unpaired) electrons. The van der Waals surface area contributed by atoms with Crippen molar-refractivity contribution in [3.63, 3.8) is 0 Å². The molecule has 1 atom stereocenters. The molecule has 0 fully saturated rings. The van der Waals surface area contributed by atoms with Gasteiger partial charge < -0.3 is 15.4 Å². The SMILES string of the molecule is CCOC(=O)C(NC1=C(C)C(=S)N1)c1ccccc1. The molecule has 100 valence electrons. The number of nitrogens with one attached hydrogen (secondary N) is 2. The molecule has 19 heavy (non-hydrogen) atoms. The summed E-state index contributed by atoms with van der Waals surface area (Å²) in [7, 11) is 0. The van der Waals surface area contributed by atoms with Gasteiger partial charge in [0.05, 0.1) is 6.61 Å². The average molecular weight is 276 g/mol. The summed E-state index contributed by atoms with van der Waals surface area (Å²) < 4.78 is 5.11. The summed E-state index contributed by atoms with van der Waals surface area (Å²) in [6.07, 6.45) is 0. The first kappa shape index (κ1) is 13.5. The van der Waals surface area contributed by atoms with Crippen LogP contribution in [0.3, 0.4) is 0 Å². The number of thiocarbonyl (C=S) groups is 1. The van der Waals surface area contributed by atoms with E-state index in [1.165, 1.54) is 0 Å². The molecule has 0 spiro atoms. The zero-order valence-electron chi connectivity index (χ0n) is 10.9. The minimum atomic E-state index is -0.526. The van der Waals surface area contributed by atoms with Crippen molar-refractivity contribution in [3.05, 3.63) is 47.3 Å². The van der Waals surface area contributed by atoms with Crippen LogP contribution in [0.2, 0.25) is 0 Å². The molecule has 2 rings (SSSR count). The number of carbonyl (C=O) groups excluding carboxylic acids is 1. The lowest BCUT2D eigenvalue weighted by Gasteiger charge is -2.29. The fraction of sp³-hybridized carbons (Fsp3) is 0.286. The van der Waals surface area contributed by atoms with Gasteiger partial charge in [0.25, 0.3) is 0 Å². The second kappa shape index (κ2) is 5.84. The molecule has 1 aromatic rings. The topological polar surface area (TPSA) is 50.4 Å². The van der Waals surface area contributed by atoms with E-state index in [0.717, 1.165) is 17.0 Å². The summed E-state index contributed by atoms with van der Waals surface area (Å²) in [4.78, 5) is 12.7. The van der Waals surface area contributed by atoms with E-state index in [4.69, 9.17) is 17.0 Å². The first-order valence-electron chi connectivity index (χ1n) is 6.13. The Morgan fingerprint density at radius 2 is 2.11 bits per heavy atom. The maximum Gasteiger partial charge on any atom is 0.333 e. The molecule has 1 aliphatic heterocycles. The molecular weight excluding hydrogens is 260 g/mol. The lowest BCUT2D eigenvalue weighted by molar-refractivity contribution is -0.145. The molecule has 1 unspecified atom stereocenters. The maximum absolute atomic E-state index is 12.0. The minimum absolute atomic E-state index is 0.298. The highest BCUT2D eigenvalue weighted by Gasteiger charge is 2.27. The van der Waals surface area contributed by atoms with Gasteiger partial charge in [-0.3, -0.25) is 0 Å². The molecule has 0 aromatic heterocycles. The molecule has 0 aliphatic carbocycles. The fourth-order valence-corrected chi connectivity index (χ4v) is 1.99. The van der Waals surface area contributed by atoms with E-state index in [1.807, 2.05) is 37.3 Å². The maximum atomic E-state index is 12.0. The standard InChI is InChI=1S/C14H16N2O2S/c1-3-18-14(17)11(10-7-5-4-6-8-10)15-12-9(2)13(19)16-12/h4-8,11H,3H2,1-2H3,(H2,15,16,19). The van der Waals surface area contributed by atoms with Gasteiger partial charge in [0.2, 0.25) is 0 Å². The van der Waals surface area contributed by atoms with E-state index in [1.54, 1.807) is 6.92 Å². The van der Waals surface area contributed by atoms with Crippen LogP contribution in [0.25, 0.3) is 0 Å². The second-order valence-corrected chi connectivity index (χ2v) is 4.60. The highest BCUT2D eigenvalue weighted by Crippen LogP contribution is 2.19. The lowest BCUT2D eigenvalue weighted by atomic mass is 10.1. The number of hydrogen-bond donors (Lipinski definition) is 2. The molecule has 1 aromatic carbocycles. The van der Waals surface area contributed by atoms with Crippen molar-refractivity contribution in [2.75, 3.05) is 6.61 Å². The van der Waals surface area contributed by atoms with Gasteiger partial charge in [0.15, 0.2) is 6.04 Å². The van der Waals surface area contributed by atoms with Gasteiger partial charge in [0.1, 0.15) is 10.8 Å². The first-order chi connectivity index (χ1) is 9.13. The fourth-order valence-electron chi connectivity index (χ4n) is 1.79. The summed E-state index contributed by atoms with van der Waals surface area (Å²) >= 11 is 5.04. The van der Waals surface area contributed by atoms with Crippen molar-refractivity contribution >= 4 is 23.2 Å². The Hall–Kier alpha value is -1.88. The lowest BCUT2D eigenvalue weighted by Crippen LogP contribution is -2.45. The van der Waals surface area contributed by atoms with Crippen LogP contribution < -0.4 is 10.6 Å². The third kappa shape index (κ3) is 2.93. The van der Waals surface area contributed by atoms with Gasteiger partial charge in [-0.15, -0.1) is 0 Å². The van der Waals surface area contributed by atoms with E-state index in [0.29, 0.717) is 11.6 Å². The van der Waals surface area contributed by atoms with Gasteiger partial charge in [0, 0.05) is 5.57 Å². The summed E-state index contributed by atoms with van der Waals surface area (Å²) in [5.41, 5.74) is 1.82. The van der Waals surface area contributed by atoms with E-state index in [9.17, 15) is 4.79 Å². The summed E-state index contributed by atoms with van der Waals surface area (Å²) in [6, 6.07) is 8.95. The quantitative estimate of drug-likeness (QED) is 0.637. The van der Waals surface area contributed by atoms with E-state index in [-0.39, 0.29) is 5.97 Å². The van der Waals surface area contributed by atoms with Crippen LogP contribution in [0.5, 0.6) is 0 Å². The molecule has 0 bridgehead atoms. The Kier molecular flexibility index (Phi) is 4.16. The largest absolute Gasteiger partial charge is 0.464 e. The average Bonchev–Trinajstić information content (AvgIpc) is 2.44. The van der Waals surface area contributed by atoms with Crippen LogP contribution >= 0.6 is 12.2 Å². The Labute approximate surface area is 117 Å². The van der Waals surface area contributed by atoms with Crippen LogP contribution in [0.1, 0.15) is 25.5 Å². The zero-order valence-corrected chi connectivity index (χ0v) is 11.7. The number of hydrogen-bond acceptors (Lipinski definition) is 4. The van der Waals surface area contributed by atoms with E-state index in [2.05, 4.69) is 10.6 Å². The van der Waals surface area contributed by atoms with Crippen LogP contribution in [-0.4, -0.2) is 17.6 Å². The number of carbonyl (C=O) groups is 1. The highest BCUT2D eigenvalue weighted by atomic mass is 32.1. The molecule has 2 N–H and O–H groups in total. The van der Waals surface area contributed by atoms with Crippen molar-refractivity contribution < 1.29 is 9.53 Å². The smallest absolute Gasteiger partial charge is 0.333 e. The summed E-state index contributed by atoms with van der Waals surface area (Å²) in [6.45, 7) is 4.06. The molecular formula is C14H16N2O2S. The van der Waals surface area contributed by atoms with Gasteiger partial charge in [-0.05, 0) is 19.4 Å². The van der Waals surface area contributed by atoms with Crippen molar-refractivity contribution in [2.24, 2.45) is 0 Å². The van der Waals surface area contributed by atoms with Crippen LogP contribution in [0.15, 0.2) is 41.7 Å². The number of ether oxygens (including phenoxy) is 1. The van der Waals surface area contributed by atoms with Crippen LogP contribution in [-0.2, 0) is 9.53 Å². The normalized spacial score (nSPS) is 15.4. The van der Waals surface area contributed by atoms with Crippen LogP contribution in [0, 0.1) is 0 Å². The van der Waals surface area contributed by atoms with E-state index >= 15 is 0 Å². The van der Waals surface area contributed by atoms with Gasteiger partial charge >= 0.3 is 5.97 Å². The van der Waals surface area contributed by atoms with Crippen molar-refractivity contribution in [1.29, 1.82) is 0 Å². The summed E-state index contributed by atoms with van der Waals surface area (Å²) in [5.74, 6) is 0.487. The monoisotopic (exact) mass is 276 g/mol. The van der Waals surface area contributed by atoms with Gasteiger partial charge in [-0.25, -0.2) is 4.79 Å². The van der Waals surface area contributed by atoms with Gasteiger partial charge in [-0.1, -0.05) is 42.5 Å². The number of esters is 1. The molecule has 0 saturated carbocycles. The van der Waals surface area contributed by atoms with Gasteiger partial charge in [-0.2, -0.15) is 0 Å². The van der Waals surface area contributed by atoms with Crippen molar-refractivity contribution in [1.82, 2.24) is 10.6 Å². The molecule has 1 heterocycles. The Morgan fingerprint density at radius 3 is 2.63 bits per heavy atom. The van der Waals surface area contributed by atoms with E-state index < -0.39 is 6.04 Å². The predicted molar refractivity (Wildman–Crippen MR) is 77.4 cm³/mol. The second-order valence-electron chi connectivity index (χ2n) is 4.19. The van der Waals surface area contributed by atoms with Crippen LogP contribution in [0.4, 0.5) is 0 Å². The minimum Gasteiger partial charge on any atom is -0.464 e. The molecule has 0 amide bonds. The third-order valence-electron chi connectivity index (χ3n) is 2.90. The van der Waals surface area contributed by atoms with Crippen molar-refractivity contribution in [2.45, 2.75) is 19.9 Å². The Bertz CT molecular complexity index is 526. The molecule has 1 aliphatic rings.